The number of methoxy groups -OCH3 is 1. The summed E-state index contributed by atoms with van der Waals surface area (Å²) >= 11 is 4.69. The first kappa shape index (κ1) is 17.7. The van der Waals surface area contributed by atoms with Crippen molar-refractivity contribution in [2.24, 2.45) is 10.8 Å². The zero-order valence-corrected chi connectivity index (χ0v) is 14.6. The van der Waals surface area contributed by atoms with Gasteiger partial charge in [0.2, 0.25) is 0 Å². The van der Waals surface area contributed by atoms with Gasteiger partial charge in [-0.3, -0.25) is 5.43 Å². The molecule has 0 aliphatic carbocycles. The molecular formula is C18H21N3O2S. The largest absolute Gasteiger partial charge is 0.493 e. The molecule has 0 aliphatic rings. The quantitative estimate of drug-likeness (QED) is 0.459. The Morgan fingerprint density at radius 2 is 1.96 bits per heavy atom. The second kappa shape index (κ2) is 8.88. The maximum atomic E-state index is 5.93. The highest BCUT2D eigenvalue weighted by Gasteiger charge is 2.07. The molecule has 126 valence electrons. The van der Waals surface area contributed by atoms with E-state index in [9.17, 15) is 0 Å². The number of thiocarbonyl (C=S) groups is 1. The monoisotopic (exact) mass is 343 g/mol. The van der Waals surface area contributed by atoms with E-state index in [0.29, 0.717) is 18.1 Å². The number of nitrogens with two attached hydrogens (primary N) is 1. The van der Waals surface area contributed by atoms with E-state index in [-0.39, 0.29) is 5.11 Å². The molecule has 6 heteroatoms. The van der Waals surface area contributed by atoms with Gasteiger partial charge in [0.15, 0.2) is 16.6 Å². The number of benzene rings is 2. The molecule has 0 saturated heterocycles. The predicted octanol–water partition coefficient (Wildman–Crippen LogP) is 3.00. The van der Waals surface area contributed by atoms with Crippen LogP contribution < -0.4 is 20.6 Å². The van der Waals surface area contributed by atoms with Crippen LogP contribution in [0.15, 0.2) is 47.6 Å². The lowest BCUT2D eigenvalue weighted by Gasteiger charge is -2.13. The first-order valence-corrected chi connectivity index (χ1v) is 8.01. The summed E-state index contributed by atoms with van der Waals surface area (Å²) in [6.45, 7) is 2.63. The van der Waals surface area contributed by atoms with Crippen LogP contribution in [0.2, 0.25) is 0 Å². The molecule has 0 bridgehead atoms. The van der Waals surface area contributed by atoms with Gasteiger partial charge in [-0.1, -0.05) is 31.2 Å². The molecule has 0 aromatic heterocycles. The van der Waals surface area contributed by atoms with Crippen LogP contribution in [0.3, 0.4) is 0 Å². The minimum absolute atomic E-state index is 0.118. The molecule has 0 amide bonds. The fourth-order valence-electron chi connectivity index (χ4n) is 2.25. The zero-order valence-electron chi connectivity index (χ0n) is 13.8. The van der Waals surface area contributed by atoms with Crippen molar-refractivity contribution in [1.82, 2.24) is 5.43 Å². The Labute approximate surface area is 147 Å². The minimum Gasteiger partial charge on any atom is -0.493 e. The van der Waals surface area contributed by atoms with Crippen molar-refractivity contribution in [1.29, 1.82) is 0 Å². The standard InChI is InChI=1S/C18H21N3O2S/c1-3-14-6-4-5-7-15(14)12-23-16-9-8-13(10-17(16)22-2)11-20-21-18(19)24/h4-11H,3,12H2,1-2H3,(H3,19,21,24)/b20-11+. The summed E-state index contributed by atoms with van der Waals surface area (Å²) in [6.07, 6.45) is 2.58. The minimum atomic E-state index is 0.118. The molecule has 0 radical (unpaired) electrons. The highest BCUT2D eigenvalue weighted by atomic mass is 32.1. The molecule has 5 nitrogen and oxygen atoms in total. The molecule has 0 unspecified atom stereocenters. The summed E-state index contributed by atoms with van der Waals surface area (Å²) < 4.78 is 11.3. The topological polar surface area (TPSA) is 68.9 Å². The smallest absolute Gasteiger partial charge is 0.184 e. The first-order chi connectivity index (χ1) is 11.6. The Morgan fingerprint density at radius 3 is 2.62 bits per heavy atom. The van der Waals surface area contributed by atoms with Crippen LogP contribution >= 0.6 is 12.2 Å². The lowest BCUT2D eigenvalue weighted by Crippen LogP contribution is -2.23. The van der Waals surface area contributed by atoms with Gasteiger partial charge in [0, 0.05) is 0 Å². The summed E-state index contributed by atoms with van der Waals surface area (Å²) in [7, 11) is 1.61. The number of hydrazone groups is 1. The number of hydrogen-bond donors (Lipinski definition) is 2. The van der Waals surface area contributed by atoms with Crippen molar-refractivity contribution >= 4 is 23.5 Å². The Hall–Kier alpha value is -2.60. The Bertz CT molecular complexity index is 732. The lowest BCUT2D eigenvalue weighted by molar-refractivity contribution is 0.283. The average molecular weight is 343 g/mol. The molecule has 0 saturated carbocycles. The Balaban J connectivity index is 2.10. The van der Waals surface area contributed by atoms with Gasteiger partial charge >= 0.3 is 0 Å². The summed E-state index contributed by atoms with van der Waals surface area (Å²) in [5.41, 5.74) is 11.1. The maximum Gasteiger partial charge on any atom is 0.184 e. The van der Waals surface area contributed by atoms with Gasteiger partial charge in [-0.15, -0.1) is 0 Å². The van der Waals surface area contributed by atoms with Gasteiger partial charge in [-0.2, -0.15) is 5.10 Å². The molecule has 24 heavy (non-hydrogen) atoms. The fourth-order valence-corrected chi connectivity index (χ4v) is 2.31. The van der Waals surface area contributed by atoms with E-state index in [1.165, 1.54) is 11.1 Å². The van der Waals surface area contributed by atoms with Gasteiger partial charge in [0.1, 0.15) is 6.61 Å². The number of rotatable bonds is 7. The first-order valence-electron chi connectivity index (χ1n) is 7.60. The van der Waals surface area contributed by atoms with E-state index in [1.807, 2.05) is 30.3 Å². The van der Waals surface area contributed by atoms with E-state index in [4.69, 9.17) is 15.2 Å². The summed E-state index contributed by atoms with van der Waals surface area (Å²) in [6, 6.07) is 13.8. The predicted molar refractivity (Wildman–Crippen MR) is 101 cm³/mol. The third-order valence-electron chi connectivity index (χ3n) is 3.46. The Kier molecular flexibility index (Phi) is 6.57. The molecule has 2 rings (SSSR count). The SMILES string of the molecule is CCc1ccccc1COc1ccc(/C=N/NC(N)=S)cc1OC. The normalized spacial score (nSPS) is 10.6. The molecule has 0 fully saturated rings. The highest BCUT2D eigenvalue weighted by Crippen LogP contribution is 2.28. The average Bonchev–Trinajstić information content (AvgIpc) is 2.60. The maximum absolute atomic E-state index is 5.93. The molecule has 0 heterocycles. The third kappa shape index (κ3) is 4.96. The summed E-state index contributed by atoms with van der Waals surface area (Å²) in [4.78, 5) is 0. The second-order valence-corrected chi connectivity index (χ2v) is 5.50. The van der Waals surface area contributed by atoms with Crippen LogP contribution in [0.25, 0.3) is 0 Å². The molecule has 0 atom stereocenters. The van der Waals surface area contributed by atoms with Crippen molar-refractivity contribution in [3.63, 3.8) is 0 Å². The zero-order chi connectivity index (χ0) is 17.4. The van der Waals surface area contributed by atoms with Crippen LogP contribution in [0.4, 0.5) is 0 Å². The molecule has 0 spiro atoms. The van der Waals surface area contributed by atoms with Crippen LogP contribution in [0.1, 0.15) is 23.6 Å². The number of hydrogen-bond acceptors (Lipinski definition) is 4. The number of aryl methyl sites for hydroxylation is 1. The van der Waals surface area contributed by atoms with Gasteiger partial charge in [-0.25, -0.2) is 0 Å². The summed E-state index contributed by atoms with van der Waals surface area (Å²) in [5, 5.41) is 4.04. The van der Waals surface area contributed by atoms with E-state index >= 15 is 0 Å². The van der Waals surface area contributed by atoms with Gasteiger partial charge in [-0.05, 0) is 53.5 Å². The van der Waals surface area contributed by atoms with Crippen LogP contribution in [-0.4, -0.2) is 18.4 Å². The van der Waals surface area contributed by atoms with Gasteiger partial charge < -0.3 is 15.2 Å². The van der Waals surface area contributed by atoms with Crippen molar-refractivity contribution < 1.29 is 9.47 Å². The van der Waals surface area contributed by atoms with Gasteiger partial charge in [0.05, 0.1) is 13.3 Å². The second-order valence-electron chi connectivity index (χ2n) is 5.06. The fraction of sp³-hybridized carbons (Fsp3) is 0.222. The third-order valence-corrected chi connectivity index (χ3v) is 3.55. The molecule has 3 N–H and O–H groups in total. The number of nitrogens with zero attached hydrogens (tertiary/aromatic N) is 1. The van der Waals surface area contributed by atoms with Crippen LogP contribution in [0.5, 0.6) is 11.5 Å². The van der Waals surface area contributed by atoms with E-state index in [2.05, 4.69) is 41.8 Å². The van der Waals surface area contributed by atoms with Gasteiger partial charge in [0.25, 0.3) is 0 Å². The van der Waals surface area contributed by atoms with Crippen molar-refractivity contribution in [3.05, 3.63) is 59.2 Å². The van der Waals surface area contributed by atoms with Crippen molar-refractivity contribution in [2.45, 2.75) is 20.0 Å². The van der Waals surface area contributed by atoms with Crippen molar-refractivity contribution in [2.75, 3.05) is 7.11 Å². The molecule has 2 aromatic rings. The molecule has 2 aromatic carbocycles. The lowest BCUT2D eigenvalue weighted by atomic mass is 10.1. The molecule has 0 aliphatic heterocycles. The molecular weight excluding hydrogens is 322 g/mol. The van der Waals surface area contributed by atoms with Crippen molar-refractivity contribution in [3.8, 4) is 11.5 Å². The van der Waals surface area contributed by atoms with Crippen LogP contribution in [-0.2, 0) is 13.0 Å². The number of nitrogens with one attached hydrogen (secondary N) is 1. The number of ether oxygens (including phenoxy) is 2. The summed E-state index contributed by atoms with van der Waals surface area (Å²) in [5.74, 6) is 1.33. The highest BCUT2D eigenvalue weighted by molar-refractivity contribution is 7.80. The Morgan fingerprint density at radius 1 is 1.21 bits per heavy atom. The van der Waals surface area contributed by atoms with Crippen LogP contribution in [0, 0.1) is 0 Å². The van der Waals surface area contributed by atoms with E-state index < -0.39 is 0 Å². The van der Waals surface area contributed by atoms with E-state index in [0.717, 1.165) is 12.0 Å². The van der Waals surface area contributed by atoms with E-state index in [1.54, 1.807) is 13.3 Å².